The lowest BCUT2D eigenvalue weighted by Gasteiger charge is -2.35. The van der Waals surface area contributed by atoms with E-state index < -0.39 is 0 Å². The maximum atomic E-state index is 11.6. The maximum absolute atomic E-state index is 11.6. The average Bonchev–Trinajstić information content (AvgIpc) is 2.89. The van der Waals surface area contributed by atoms with Crippen LogP contribution < -0.4 is 5.56 Å². The van der Waals surface area contributed by atoms with Crippen molar-refractivity contribution >= 4 is 0 Å². The first-order valence-electron chi connectivity index (χ1n) is 7.22. The quantitative estimate of drug-likeness (QED) is 0.891. The zero-order valence-electron chi connectivity index (χ0n) is 11.4. The lowest BCUT2D eigenvalue weighted by atomic mass is 9.81. The second-order valence-corrected chi connectivity index (χ2v) is 5.52. The molecule has 0 atom stereocenters. The normalized spacial score (nSPS) is 23.0. The Morgan fingerprint density at radius 1 is 1.32 bits per heavy atom. The number of H-pyrrole nitrogens is 1. The Morgan fingerprint density at radius 2 is 2.00 bits per heavy atom. The predicted octanol–water partition coefficient (Wildman–Crippen LogP) is 2.34. The molecule has 0 amide bonds. The highest BCUT2D eigenvalue weighted by Gasteiger charge is 2.40. The number of aromatic amines is 1. The number of ether oxygens (including phenoxy) is 2. The van der Waals surface area contributed by atoms with Crippen molar-refractivity contribution in [3.63, 3.8) is 0 Å². The van der Waals surface area contributed by atoms with Gasteiger partial charge in [-0.05, 0) is 36.8 Å². The van der Waals surface area contributed by atoms with Crippen molar-refractivity contribution in [3.8, 4) is 0 Å². The van der Waals surface area contributed by atoms with Gasteiger partial charge in [-0.2, -0.15) is 0 Å². The van der Waals surface area contributed by atoms with Gasteiger partial charge in [-0.25, -0.2) is 0 Å². The number of nitrogens with one attached hydrogen (secondary N) is 1. The first kappa shape index (κ1) is 12.9. The van der Waals surface area contributed by atoms with E-state index in [4.69, 9.17) is 9.47 Å². The van der Waals surface area contributed by atoms with Crippen molar-refractivity contribution in [2.24, 2.45) is 0 Å². The van der Waals surface area contributed by atoms with Crippen LogP contribution in [0.15, 0.2) is 17.1 Å². The van der Waals surface area contributed by atoms with Crippen LogP contribution in [0.3, 0.4) is 0 Å². The third kappa shape index (κ3) is 2.47. The molecule has 0 radical (unpaired) electrons. The van der Waals surface area contributed by atoms with Crippen molar-refractivity contribution < 1.29 is 9.47 Å². The Labute approximate surface area is 113 Å². The van der Waals surface area contributed by atoms with Gasteiger partial charge in [-0.15, -0.1) is 0 Å². The maximum Gasteiger partial charge on any atom is 0.251 e. The number of aromatic nitrogens is 1. The Kier molecular flexibility index (Phi) is 3.46. The Balaban J connectivity index is 1.72. The van der Waals surface area contributed by atoms with Gasteiger partial charge >= 0.3 is 0 Å². The van der Waals surface area contributed by atoms with Crippen molar-refractivity contribution in [2.75, 3.05) is 13.2 Å². The SMILES string of the molecule is CCc1cc(C2CCC3(CC2)OCCO3)c[nH]c1=O. The summed E-state index contributed by atoms with van der Waals surface area (Å²) in [6, 6.07) is 2.07. The van der Waals surface area contributed by atoms with E-state index in [2.05, 4.69) is 11.1 Å². The summed E-state index contributed by atoms with van der Waals surface area (Å²) in [5.74, 6) is 0.215. The van der Waals surface area contributed by atoms with Crippen molar-refractivity contribution in [2.45, 2.75) is 50.7 Å². The minimum Gasteiger partial charge on any atom is -0.348 e. The number of hydrogen-bond donors (Lipinski definition) is 1. The highest BCUT2D eigenvalue weighted by atomic mass is 16.7. The molecule has 0 bridgehead atoms. The highest BCUT2D eigenvalue weighted by molar-refractivity contribution is 5.22. The molecule has 4 heteroatoms. The Hall–Kier alpha value is -1.13. The monoisotopic (exact) mass is 263 g/mol. The van der Waals surface area contributed by atoms with Gasteiger partial charge in [-0.3, -0.25) is 4.79 Å². The van der Waals surface area contributed by atoms with E-state index in [1.807, 2.05) is 13.1 Å². The molecule has 2 heterocycles. The van der Waals surface area contributed by atoms with Crippen LogP contribution in [0.4, 0.5) is 0 Å². The molecule has 3 rings (SSSR count). The molecule has 1 aromatic heterocycles. The predicted molar refractivity (Wildman–Crippen MR) is 72.3 cm³/mol. The summed E-state index contributed by atoms with van der Waals surface area (Å²) in [6.07, 6.45) is 6.70. The summed E-state index contributed by atoms with van der Waals surface area (Å²) in [6.45, 7) is 3.47. The standard InChI is InChI=1S/C15H21NO3/c1-2-11-9-13(10-16-14(11)17)12-3-5-15(6-4-12)18-7-8-19-15/h9-10,12H,2-8H2,1H3,(H,16,17). The van der Waals surface area contributed by atoms with Crippen molar-refractivity contribution in [1.82, 2.24) is 4.98 Å². The van der Waals surface area contributed by atoms with Gasteiger partial charge in [0, 0.05) is 24.6 Å². The summed E-state index contributed by atoms with van der Waals surface area (Å²) in [5, 5.41) is 0. The summed E-state index contributed by atoms with van der Waals surface area (Å²) in [7, 11) is 0. The van der Waals surface area contributed by atoms with Gasteiger partial charge in [0.2, 0.25) is 0 Å². The molecule has 0 unspecified atom stereocenters. The number of aryl methyl sites for hydroxylation is 1. The summed E-state index contributed by atoms with van der Waals surface area (Å²) < 4.78 is 11.5. The van der Waals surface area contributed by atoms with Crippen LogP contribution in [0.2, 0.25) is 0 Å². The fourth-order valence-electron chi connectivity index (χ4n) is 3.22. The summed E-state index contributed by atoms with van der Waals surface area (Å²) >= 11 is 0. The fraction of sp³-hybridized carbons (Fsp3) is 0.667. The molecule has 2 fully saturated rings. The number of pyridine rings is 1. The number of hydrogen-bond acceptors (Lipinski definition) is 3. The van der Waals surface area contributed by atoms with Gasteiger partial charge in [0.1, 0.15) is 0 Å². The molecule has 1 saturated carbocycles. The van der Waals surface area contributed by atoms with Crippen LogP contribution in [0.5, 0.6) is 0 Å². The second kappa shape index (κ2) is 5.10. The van der Waals surface area contributed by atoms with Gasteiger partial charge < -0.3 is 14.5 Å². The first-order valence-corrected chi connectivity index (χ1v) is 7.22. The summed E-state index contributed by atoms with van der Waals surface area (Å²) in [4.78, 5) is 14.5. The molecular formula is C15H21NO3. The molecule has 1 aromatic rings. The smallest absolute Gasteiger partial charge is 0.251 e. The fourth-order valence-corrected chi connectivity index (χ4v) is 3.22. The molecular weight excluding hydrogens is 242 g/mol. The average molecular weight is 263 g/mol. The van der Waals surface area contributed by atoms with Crippen LogP contribution in [0.1, 0.15) is 49.7 Å². The molecule has 19 heavy (non-hydrogen) atoms. The molecule has 104 valence electrons. The zero-order valence-corrected chi connectivity index (χ0v) is 11.4. The lowest BCUT2D eigenvalue weighted by molar-refractivity contribution is -0.178. The van der Waals surface area contributed by atoms with E-state index >= 15 is 0 Å². The Bertz CT molecular complexity index is 492. The molecule has 1 N–H and O–H groups in total. The van der Waals surface area contributed by atoms with E-state index in [-0.39, 0.29) is 11.3 Å². The van der Waals surface area contributed by atoms with Crippen LogP contribution in [0.25, 0.3) is 0 Å². The molecule has 0 aromatic carbocycles. The topological polar surface area (TPSA) is 51.3 Å². The van der Waals surface area contributed by atoms with Crippen LogP contribution >= 0.6 is 0 Å². The molecule has 1 aliphatic carbocycles. The van der Waals surface area contributed by atoms with Gasteiger partial charge in [0.05, 0.1) is 13.2 Å². The van der Waals surface area contributed by atoms with Gasteiger partial charge in [-0.1, -0.05) is 6.92 Å². The molecule has 4 nitrogen and oxygen atoms in total. The van der Waals surface area contributed by atoms with Crippen molar-refractivity contribution in [3.05, 3.63) is 33.7 Å². The van der Waals surface area contributed by atoms with E-state index in [1.165, 1.54) is 5.56 Å². The van der Waals surface area contributed by atoms with Gasteiger partial charge in [0.25, 0.3) is 5.56 Å². The largest absolute Gasteiger partial charge is 0.348 e. The molecule has 2 aliphatic rings. The van der Waals surface area contributed by atoms with Crippen LogP contribution in [-0.4, -0.2) is 24.0 Å². The Morgan fingerprint density at radius 3 is 2.63 bits per heavy atom. The van der Waals surface area contributed by atoms with E-state index in [0.29, 0.717) is 5.92 Å². The summed E-state index contributed by atoms with van der Waals surface area (Å²) in [5.41, 5.74) is 2.18. The third-order valence-electron chi connectivity index (χ3n) is 4.42. The molecule has 1 aliphatic heterocycles. The third-order valence-corrected chi connectivity index (χ3v) is 4.42. The van der Waals surface area contributed by atoms with Crippen molar-refractivity contribution in [1.29, 1.82) is 0 Å². The number of rotatable bonds is 2. The molecule has 1 saturated heterocycles. The highest BCUT2D eigenvalue weighted by Crippen LogP contribution is 2.42. The molecule has 1 spiro atoms. The van der Waals surface area contributed by atoms with E-state index in [1.54, 1.807) is 0 Å². The minimum atomic E-state index is -0.299. The zero-order chi connectivity index (χ0) is 13.3. The van der Waals surface area contributed by atoms with E-state index in [9.17, 15) is 4.79 Å². The second-order valence-electron chi connectivity index (χ2n) is 5.52. The lowest BCUT2D eigenvalue weighted by Crippen LogP contribution is -2.34. The van der Waals surface area contributed by atoms with E-state index in [0.717, 1.165) is 50.9 Å². The van der Waals surface area contributed by atoms with Gasteiger partial charge in [0.15, 0.2) is 5.79 Å². The van der Waals surface area contributed by atoms with Crippen LogP contribution in [0, 0.1) is 0 Å². The minimum absolute atomic E-state index is 0.0426. The first-order chi connectivity index (χ1) is 9.22. The van der Waals surface area contributed by atoms with Crippen LogP contribution in [-0.2, 0) is 15.9 Å².